The first-order valence-electron chi connectivity index (χ1n) is 9.28. The SMILES string of the molecule is C/C(=C/c1ccccc1)c1oc2ccc(Cl)cc2c(=O)c1OCc1ccccc1. The molecule has 0 spiro atoms. The second kappa shape index (κ2) is 8.38. The fraction of sp³-hybridized carbons (Fsp3) is 0.0800. The van der Waals surface area contributed by atoms with Crippen LogP contribution >= 0.6 is 11.6 Å². The summed E-state index contributed by atoms with van der Waals surface area (Å²) in [7, 11) is 0. The van der Waals surface area contributed by atoms with Crippen molar-refractivity contribution in [1.29, 1.82) is 0 Å². The van der Waals surface area contributed by atoms with Crippen LogP contribution in [0.3, 0.4) is 0 Å². The number of hydrogen-bond donors (Lipinski definition) is 0. The van der Waals surface area contributed by atoms with Crippen molar-refractivity contribution in [2.24, 2.45) is 0 Å². The van der Waals surface area contributed by atoms with Crippen molar-refractivity contribution in [1.82, 2.24) is 0 Å². The number of rotatable bonds is 5. The minimum Gasteiger partial charge on any atom is -0.481 e. The molecule has 0 atom stereocenters. The second-order valence-electron chi connectivity index (χ2n) is 6.74. The fourth-order valence-electron chi connectivity index (χ4n) is 3.14. The van der Waals surface area contributed by atoms with E-state index in [-0.39, 0.29) is 17.8 Å². The van der Waals surface area contributed by atoms with Gasteiger partial charge in [0, 0.05) is 5.02 Å². The quantitative estimate of drug-likeness (QED) is 0.378. The van der Waals surface area contributed by atoms with Crippen molar-refractivity contribution >= 4 is 34.2 Å². The van der Waals surface area contributed by atoms with Crippen molar-refractivity contribution in [3.63, 3.8) is 0 Å². The highest BCUT2D eigenvalue weighted by Gasteiger charge is 2.18. The van der Waals surface area contributed by atoms with Gasteiger partial charge in [0.25, 0.3) is 0 Å². The van der Waals surface area contributed by atoms with Gasteiger partial charge in [0.05, 0.1) is 5.39 Å². The summed E-state index contributed by atoms with van der Waals surface area (Å²) in [5.41, 5.74) is 3.02. The molecule has 3 aromatic carbocycles. The lowest BCUT2D eigenvalue weighted by Crippen LogP contribution is -2.11. The van der Waals surface area contributed by atoms with Crippen LogP contribution in [0.1, 0.15) is 23.8 Å². The molecular formula is C25H19ClO3. The molecule has 0 aliphatic heterocycles. The van der Waals surface area contributed by atoms with Gasteiger partial charge in [-0.05, 0) is 47.9 Å². The van der Waals surface area contributed by atoms with Crippen LogP contribution in [0.2, 0.25) is 5.02 Å². The van der Waals surface area contributed by atoms with E-state index < -0.39 is 0 Å². The Bertz CT molecular complexity index is 1230. The van der Waals surface area contributed by atoms with Crippen LogP contribution in [-0.4, -0.2) is 0 Å². The van der Waals surface area contributed by atoms with Crippen LogP contribution in [-0.2, 0) is 6.61 Å². The highest BCUT2D eigenvalue weighted by molar-refractivity contribution is 6.31. The number of ether oxygens (including phenoxy) is 1. The number of halogens is 1. The normalized spacial score (nSPS) is 11.6. The summed E-state index contributed by atoms with van der Waals surface area (Å²) >= 11 is 6.09. The van der Waals surface area contributed by atoms with Crippen molar-refractivity contribution in [2.45, 2.75) is 13.5 Å². The van der Waals surface area contributed by atoms with Crippen molar-refractivity contribution in [3.05, 3.63) is 111 Å². The Balaban J connectivity index is 1.83. The minimum atomic E-state index is -0.236. The first-order valence-corrected chi connectivity index (χ1v) is 9.66. The molecule has 0 saturated carbocycles. The molecule has 0 aliphatic carbocycles. The molecule has 144 valence electrons. The zero-order chi connectivity index (χ0) is 20.2. The smallest absolute Gasteiger partial charge is 0.235 e. The standard InChI is InChI=1S/C25H19ClO3/c1-17(14-18-8-4-2-5-9-18)24-25(28-16-19-10-6-3-7-11-19)23(27)21-15-20(26)12-13-22(21)29-24/h2-15H,16H2,1H3/b17-14-. The largest absolute Gasteiger partial charge is 0.481 e. The second-order valence-corrected chi connectivity index (χ2v) is 7.18. The highest BCUT2D eigenvalue weighted by atomic mass is 35.5. The van der Waals surface area contributed by atoms with Crippen molar-refractivity contribution < 1.29 is 9.15 Å². The zero-order valence-electron chi connectivity index (χ0n) is 15.9. The number of allylic oxidation sites excluding steroid dienone is 1. The summed E-state index contributed by atoms with van der Waals surface area (Å²) in [6.45, 7) is 2.17. The minimum absolute atomic E-state index is 0.188. The van der Waals surface area contributed by atoms with E-state index in [1.54, 1.807) is 18.2 Å². The van der Waals surface area contributed by atoms with Gasteiger partial charge in [-0.2, -0.15) is 0 Å². The van der Waals surface area contributed by atoms with E-state index in [4.69, 9.17) is 20.8 Å². The summed E-state index contributed by atoms with van der Waals surface area (Å²) in [5, 5.41) is 0.875. The van der Waals surface area contributed by atoms with Crippen LogP contribution in [0.25, 0.3) is 22.6 Å². The predicted octanol–water partition coefficient (Wildman–Crippen LogP) is 6.59. The molecule has 0 bridgehead atoms. The van der Waals surface area contributed by atoms with Crippen LogP contribution < -0.4 is 10.2 Å². The average Bonchev–Trinajstić information content (AvgIpc) is 2.75. The van der Waals surface area contributed by atoms with Gasteiger partial charge in [0.15, 0.2) is 5.76 Å². The summed E-state index contributed by atoms with van der Waals surface area (Å²) in [4.78, 5) is 13.2. The topological polar surface area (TPSA) is 39.4 Å². The molecule has 0 aliphatic rings. The van der Waals surface area contributed by atoms with Gasteiger partial charge in [-0.1, -0.05) is 72.3 Å². The Hall–Kier alpha value is -3.30. The average molecular weight is 403 g/mol. The summed E-state index contributed by atoms with van der Waals surface area (Å²) in [5.74, 6) is 0.609. The Morgan fingerprint density at radius 3 is 2.41 bits per heavy atom. The molecule has 0 radical (unpaired) electrons. The van der Waals surface area contributed by atoms with Gasteiger partial charge in [0.2, 0.25) is 11.2 Å². The van der Waals surface area contributed by atoms with Crippen molar-refractivity contribution in [2.75, 3.05) is 0 Å². The lowest BCUT2D eigenvalue weighted by molar-refractivity contribution is 0.293. The van der Waals surface area contributed by atoms with Crippen molar-refractivity contribution in [3.8, 4) is 5.75 Å². The van der Waals surface area contributed by atoms with E-state index in [2.05, 4.69) is 0 Å². The number of benzene rings is 3. The third-order valence-electron chi connectivity index (χ3n) is 4.58. The van der Waals surface area contributed by atoms with Crippen LogP contribution in [0.15, 0.2) is 88.1 Å². The predicted molar refractivity (Wildman–Crippen MR) is 118 cm³/mol. The van der Waals surface area contributed by atoms with E-state index in [0.29, 0.717) is 21.8 Å². The molecule has 1 aromatic heterocycles. The summed E-state index contributed by atoms with van der Waals surface area (Å²) < 4.78 is 12.1. The molecule has 4 rings (SSSR count). The maximum Gasteiger partial charge on any atom is 0.235 e. The Morgan fingerprint density at radius 1 is 1.00 bits per heavy atom. The van der Waals surface area contributed by atoms with Gasteiger partial charge < -0.3 is 9.15 Å². The highest BCUT2D eigenvalue weighted by Crippen LogP contribution is 2.30. The van der Waals surface area contributed by atoms with E-state index in [9.17, 15) is 4.79 Å². The van der Waals surface area contributed by atoms with Crippen LogP contribution in [0.4, 0.5) is 0 Å². The Labute approximate surface area is 173 Å². The molecule has 0 fully saturated rings. The monoisotopic (exact) mass is 402 g/mol. The van der Waals surface area contributed by atoms with Crippen LogP contribution in [0, 0.1) is 0 Å². The van der Waals surface area contributed by atoms with Gasteiger partial charge in [-0.3, -0.25) is 4.79 Å². The van der Waals surface area contributed by atoms with Gasteiger partial charge in [0.1, 0.15) is 12.2 Å². The lowest BCUT2D eigenvalue weighted by Gasteiger charge is -2.12. The molecule has 0 saturated heterocycles. The van der Waals surface area contributed by atoms with E-state index in [1.165, 1.54) is 0 Å². The first kappa shape index (κ1) is 19.0. The van der Waals surface area contributed by atoms with E-state index in [0.717, 1.165) is 16.7 Å². The molecule has 4 heteroatoms. The summed E-state index contributed by atoms with van der Waals surface area (Å²) in [6.07, 6.45) is 1.97. The van der Waals surface area contributed by atoms with Gasteiger partial charge >= 0.3 is 0 Å². The molecule has 3 nitrogen and oxygen atoms in total. The van der Waals surface area contributed by atoms with Gasteiger partial charge in [-0.25, -0.2) is 0 Å². The molecule has 29 heavy (non-hydrogen) atoms. The maximum atomic E-state index is 13.2. The first-order chi connectivity index (χ1) is 14.1. The molecule has 4 aromatic rings. The molecule has 0 unspecified atom stereocenters. The van der Waals surface area contributed by atoms with Gasteiger partial charge in [-0.15, -0.1) is 0 Å². The summed E-state index contributed by atoms with van der Waals surface area (Å²) in [6, 6.07) is 24.6. The van der Waals surface area contributed by atoms with Crippen LogP contribution in [0.5, 0.6) is 5.75 Å². The van der Waals surface area contributed by atoms with E-state index in [1.807, 2.05) is 73.7 Å². The third-order valence-corrected chi connectivity index (χ3v) is 4.81. The molecule has 0 N–H and O–H groups in total. The molecule has 0 amide bonds. The van der Waals surface area contributed by atoms with E-state index >= 15 is 0 Å². The fourth-order valence-corrected chi connectivity index (χ4v) is 3.31. The lowest BCUT2D eigenvalue weighted by atomic mass is 10.1. The maximum absolute atomic E-state index is 13.2. The number of fused-ring (bicyclic) bond motifs is 1. The number of hydrogen-bond acceptors (Lipinski definition) is 3. The Kier molecular flexibility index (Phi) is 5.50. The third kappa shape index (κ3) is 4.25. The Morgan fingerprint density at radius 2 is 1.69 bits per heavy atom. The molecular weight excluding hydrogens is 384 g/mol. The molecule has 1 heterocycles. The zero-order valence-corrected chi connectivity index (χ0v) is 16.6.